The minimum absolute atomic E-state index is 0.269. The zero-order chi connectivity index (χ0) is 15.9. The van der Waals surface area contributed by atoms with Crippen molar-refractivity contribution >= 4 is 17.1 Å². The lowest BCUT2D eigenvalue weighted by molar-refractivity contribution is 0.0978. The lowest BCUT2D eigenvalue weighted by Gasteiger charge is -2.09. The van der Waals surface area contributed by atoms with Gasteiger partial charge in [0, 0.05) is 23.7 Å². The molecule has 22 heavy (non-hydrogen) atoms. The molecule has 2 rings (SSSR count). The van der Waals surface area contributed by atoms with Crippen molar-refractivity contribution in [3.8, 4) is 11.8 Å². The number of carbonyl (C=O) groups is 1. The van der Waals surface area contributed by atoms with Gasteiger partial charge in [-0.05, 0) is 19.1 Å². The summed E-state index contributed by atoms with van der Waals surface area (Å²) >= 11 is 1.32. The van der Waals surface area contributed by atoms with Crippen LogP contribution in [0.4, 0.5) is 0 Å². The zero-order valence-electron chi connectivity index (χ0n) is 12.4. The maximum atomic E-state index is 12.5. The molecule has 2 aromatic rings. The van der Waals surface area contributed by atoms with E-state index in [1.165, 1.54) is 11.3 Å². The Labute approximate surface area is 133 Å². The summed E-state index contributed by atoms with van der Waals surface area (Å²) in [5.41, 5.74) is 1.25. The number of thiazole rings is 1. The maximum absolute atomic E-state index is 12.5. The Balaban J connectivity index is 2.17. The third kappa shape index (κ3) is 3.91. The first-order valence-corrected chi connectivity index (χ1v) is 7.61. The molecular weight excluding hydrogens is 300 g/mol. The summed E-state index contributed by atoms with van der Waals surface area (Å²) in [5, 5.41) is 11.7. The first-order valence-electron chi connectivity index (χ1n) is 6.73. The average molecular weight is 316 g/mol. The van der Waals surface area contributed by atoms with E-state index in [1.807, 2.05) is 18.4 Å². The van der Waals surface area contributed by atoms with Crippen LogP contribution in [0.3, 0.4) is 0 Å². The number of aromatic nitrogens is 1. The Kier molecular flexibility index (Phi) is 5.64. The van der Waals surface area contributed by atoms with Gasteiger partial charge >= 0.3 is 0 Å². The number of methoxy groups -OCH3 is 1. The number of nitriles is 1. The molecule has 114 valence electrons. The SMILES string of the molecule is COCCOc1cccc(C(=O)[C@H](C#N)c2nc(C)cs2)c1. The highest BCUT2D eigenvalue weighted by Crippen LogP contribution is 2.25. The number of ketones is 1. The molecule has 1 heterocycles. The Morgan fingerprint density at radius 2 is 2.27 bits per heavy atom. The van der Waals surface area contributed by atoms with Gasteiger partial charge in [-0.3, -0.25) is 4.79 Å². The number of ether oxygens (including phenoxy) is 2. The molecular formula is C16H16N2O3S. The van der Waals surface area contributed by atoms with Gasteiger partial charge in [0.25, 0.3) is 0 Å². The van der Waals surface area contributed by atoms with Crippen molar-refractivity contribution in [3.05, 3.63) is 45.9 Å². The molecule has 0 bridgehead atoms. The van der Waals surface area contributed by atoms with E-state index in [-0.39, 0.29) is 5.78 Å². The number of benzene rings is 1. The van der Waals surface area contributed by atoms with Crippen LogP contribution in [0.1, 0.15) is 27.0 Å². The molecule has 0 fully saturated rings. The normalized spacial score (nSPS) is 11.7. The Morgan fingerprint density at radius 1 is 1.45 bits per heavy atom. The van der Waals surface area contributed by atoms with E-state index < -0.39 is 5.92 Å². The molecule has 5 nitrogen and oxygen atoms in total. The molecule has 6 heteroatoms. The lowest BCUT2D eigenvalue weighted by Crippen LogP contribution is -2.11. The Hall–Kier alpha value is -2.23. The molecule has 0 aliphatic heterocycles. The van der Waals surface area contributed by atoms with Gasteiger partial charge in [-0.25, -0.2) is 4.98 Å². The van der Waals surface area contributed by atoms with Crippen molar-refractivity contribution in [2.75, 3.05) is 20.3 Å². The highest BCUT2D eigenvalue weighted by atomic mass is 32.1. The predicted octanol–water partition coefficient (Wildman–Crippen LogP) is 2.97. The summed E-state index contributed by atoms with van der Waals surface area (Å²) < 4.78 is 10.4. The standard InChI is InChI=1S/C16H16N2O3S/c1-11-10-22-16(18-11)14(9-17)15(19)12-4-3-5-13(8-12)21-7-6-20-2/h3-5,8,10,14H,6-7H2,1-2H3/t14-/m0/s1. The summed E-state index contributed by atoms with van der Waals surface area (Å²) in [6.45, 7) is 2.71. The predicted molar refractivity (Wildman–Crippen MR) is 83.3 cm³/mol. The van der Waals surface area contributed by atoms with Crippen LogP contribution in [0.25, 0.3) is 0 Å². The Bertz CT molecular complexity index is 691. The molecule has 0 spiro atoms. The molecule has 0 N–H and O–H groups in total. The largest absolute Gasteiger partial charge is 0.491 e. The number of carbonyl (C=O) groups excluding carboxylic acids is 1. The van der Waals surface area contributed by atoms with Gasteiger partial charge in [-0.2, -0.15) is 5.26 Å². The molecule has 0 amide bonds. The average Bonchev–Trinajstić information content (AvgIpc) is 2.95. The van der Waals surface area contributed by atoms with E-state index in [0.29, 0.717) is 29.5 Å². The van der Waals surface area contributed by atoms with Gasteiger partial charge in [0.15, 0.2) is 11.7 Å². The third-order valence-electron chi connectivity index (χ3n) is 2.95. The molecule has 1 aromatic heterocycles. The van der Waals surface area contributed by atoms with E-state index >= 15 is 0 Å². The van der Waals surface area contributed by atoms with Crippen LogP contribution in [0, 0.1) is 18.3 Å². The van der Waals surface area contributed by atoms with Gasteiger partial charge < -0.3 is 9.47 Å². The number of aryl methyl sites for hydroxylation is 1. The van der Waals surface area contributed by atoms with Crippen LogP contribution in [0.15, 0.2) is 29.6 Å². The van der Waals surface area contributed by atoms with Crippen LogP contribution in [0.5, 0.6) is 5.75 Å². The zero-order valence-corrected chi connectivity index (χ0v) is 13.2. The number of rotatable bonds is 7. The molecule has 1 atom stereocenters. The summed E-state index contributed by atoms with van der Waals surface area (Å²) in [6.07, 6.45) is 0. The third-order valence-corrected chi connectivity index (χ3v) is 3.98. The second-order valence-electron chi connectivity index (χ2n) is 4.62. The van der Waals surface area contributed by atoms with Gasteiger partial charge in [0.05, 0.1) is 12.7 Å². The van der Waals surface area contributed by atoms with Crippen molar-refractivity contribution < 1.29 is 14.3 Å². The smallest absolute Gasteiger partial charge is 0.187 e. The van der Waals surface area contributed by atoms with E-state index in [2.05, 4.69) is 4.98 Å². The number of hydrogen-bond donors (Lipinski definition) is 0. The molecule has 0 unspecified atom stereocenters. The fraction of sp³-hybridized carbons (Fsp3) is 0.312. The van der Waals surface area contributed by atoms with Crippen LogP contribution in [0.2, 0.25) is 0 Å². The highest BCUT2D eigenvalue weighted by Gasteiger charge is 2.24. The van der Waals surface area contributed by atoms with Crippen molar-refractivity contribution in [1.29, 1.82) is 5.26 Å². The summed E-state index contributed by atoms with van der Waals surface area (Å²) in [5.74, 6) is -0.572. The number of hydrogen-bond acceptors (Lipinski definition) is 6. The van der Waals surface area contributed by atoms with E-state index in [1.54, 1.807) is 31.4 Å². The molecule has 0 saturated carbocycles. The molecule has 0 aliphatic carbocycles. The monoisotopic (exact) mass is 316 g/mol. The van der Waals surface area contributed by atoms with Crippen LogP contribution < -0.4 is 4.74 Å². The van der Waals surface area contributed by atoms with E-state index in [4.69, 9.17) is 9.47 Å². The van der Waals surface area contributed by atoms with Crippen molar-refractivity contribution in [2.24, 2.45) is 0 Å². The van der Waals surface area contributed by atoms with Crippen molar-refractivity contribution in [1.82, 2.24) is 4.98 Å². The molecule has 0 aliphatic rings. The van der Waals surface area contributed by atoms with Crippen molar-refractivity contribution in [3.63, 3.8) is 0 Å². The first kappa shape index (κ1) is 16.1. The number of nitrogens with zero attached hydrogens (tertiary/aromatic N) is 2. The van der Waals surface area contributed by atoms with Crippen molar-refractivity contribution in [2.45, 2.75) is 12.8 Å². The molecule has 0 radical (unpaired) electrons. The van der Waals surface area contributed by atoms with Gasteiger partial charge in [0.2, 0.25) is 0 Å². The lowest BCUT2D eigenvalue weighted by atomic mass is 9.99. The summed E-state index contributed by atoms with van der Waals surface area (Å²) in [7, 11) is 1.59. The van der Waals surface area contributed by atoms with Crippen LogP contribution >= 0.6 is 11.3 Å². The summed E-state index contributed by atoms with van der Waals surface area (Å²) in [6, 6.07) is 8.86. The Morgan fingerprint density at radius 3 is 2.91 bits per heavy atom. The van der Waals surface area contributed by atoms with Gasteiger partial charge in [0.1, 0.15) is 17.4 Å². The van der Waals surface area contributed by atoms with E-state index in [0.717, 1.165) is 5.69 Å². The van der Waals surface area contributed by atoms with E-state index in [9.17, 15) is 10.1 Å². The minimum atomic E-state index is -0.882. The fourth-order valence-corrected chi connectivity index (χ4v) is 2.72. The quantitative estimate of drug-likeness (QED) is 0.580. The highest BCUT2D eigenvalue weighted by molar-refractivity contribution is 7.10. The minimum Gasteiger partial charge on any atom is -0.491 e. The summed E-state index contributed by atoms with van der Waals surface area (Å²) in [4.78, 5) is 16.8. The van der Waals surface area contributed by atoms with Gasteiger partial charge in [-0.1, -0.05) is 12.1 Å². The van der Waals surface area contributed by atoms with Gasteiger partial charge in [-0.15, -0.1) is 11.3 Å². The molecule has 1 aromatic carbocycles. The van der Waals surface area contributed by atoms with Crippen LogP contribution in [-0.2, 0) is 4.74 Å². The first-order chi connectivity index (χ1) is 10.7. The maximum Gasteiger partial charge on any atom is 0.187 e. The second-order valence-corrected chi connectivity index (χ2v) is 5.51. The number of Topliss-reactive ketones (excluding diaryl/α,β-unsaturated/α-hetero) is 1. The second kappa shape index (κ2) is 7.69. The fourth-order valence-electron chi connectivity index (χ4n) is 1.88. The molecule has 0 saturated heterocycles. The van der Waals surface area contributed by atoms with Crippen LogP contribution in [-0.4, -0.2) is 31.1 Å². The topological polar surface area (TPSA) is 72.2 Å².